The molecule has 0 unspecified atom stereocenters. The highest BCUT2D eigenvalue weighted by Gasteiger charge is 2.10. The molecule has 0 amide bonds. The number of nitrogens with one attached hydrogen (secondary N) is 1. The summed E-state index contributed by atoms with van der Waals surface area (Å²) in [5, 5.41) is 8.20. The highest BCUT2D eigenvalue weighted by Crippen LogP contribution is 2.17. The first-order chi connectivity index (χ1) is 13.0. The second kappa shape index (κ2) is 8.70. The van der Waals surface area contributed by atoms with Crippen LogP contribution in [0.2, 0.25) is 0 Å². The van der Waals surface area contributed by atoms with Crippen LogP contribution >= 0.6 is 0 Å². The fourth-order valence-electron chi connectivity index (χ4n) is 2.92. The molecule has 3 rings (SSSR count). The van der Waals surface area contributed by atoms with Crippen LogP contribution < -0.4 is 5.56 Å². The van der Waals surface area contributed by atoms with Crippen molar-refractivity contribution in [3.8, 4) is 11.4 Å². The van der Waals surface area contributed by atoms with Crippen LogP contribution in [0.3, 0.4) is 0 Å². The van der Waals surface area contributed by atoms with Gasteiger partial charge in [0, 0.05) is 37.5 Å². The number of benzene rings is 1. The van der Waals surface area contributed by atoms with Crippen molar-refractivity contribution in [1.29, 1.82) is 0 Å². The number of ether oxygens (including phenoxy) is 1. The lowest BCUT2D eigenvalue weighted by atomic mass is 10.1. The van der Waals surface area contributed by atoms with E-state index in [9.17, 15) is 4.79 Å². The number of rotatable bonds is 8. The quantitative estimate of drug-likeness (QED) is 0.650. The van der Waals surface area contributed by atoms with E-state index in [1.807, 2.05) is 36.7 Å². The Hall–Kier alpha value is -2.84. The van der Waals surface area contributed by atoms with Crippen molar-refractivity contribution < 1.29 is 4.74 Å². The molecule has 2 heterocycles. The molecule has 0 saturated carbocycles. The van der Waals surface area contributed by atoms with E-state index in [0.717, 1.165) is 30.0 Å². The van der Waals surface area contributed by atoms with Crippen molar-refractivity contribution in [2.75, 3.05) is 20.8 Å². The lowest BCUT2D eigenvalue weighted by Crippen LogP contribution is -2.21. The largest absolute Gasteiger partial charge is 0.383 e. The number of nitrogens with zero attached hydrogens (tertiary/aromatic N) is 5. The van der Waals surface area contributed by atoms with Gasteiger partial charge in [-0.3, -0.25) is 9.69 Å². The van der Waals surface area contributed by atoms with Gasteiger partial charge in [0.05, 0.1) is 13.2 Å². The zero-order valence-electron chi connectivity index (χ0n) is 15.8. The molecule has 0 radical (unpaired) electrons. The number of methoxy groups -OCH3 is 1. The summed E-state index contributed by atoms with van der Waals surface area (Å²) < 4.78 is 7.12. The monoisotopic (exact) mass is 368 g/mol. The fourth-order valence-corrected chi connectivity index (χ4v) is 2.92. The molecular formula is C19H24N6O2. The third-order valence-corrected chi connectivity index (χ3v) is 4.17. The molecule has 0 atom stereocenters. The summed E-state index contributed by atoms with van der Waals surface area (Å²) in [5.41, 5.74) is 2.58. The first kappa shape index (κ1) is 18.9. The normalized spacial score (nSPS) is 11.3. The topological polar surface area (TPSA) is 88.9 Å². The van der Waals surface area contributed by atoms with Crippen LogP contribution in [0.5, 0.6) is 0 Å². The van der Waals surface area contributed by atoms with Gasteiger partial charge in [0.25, 0.3) is 5.56 Å². The fraction of sp³-hybridized carbons (Fsp3) is 0.368. The second-order valence-corrected chi connectivity index (χ2v) is 6.54. The molecule has 142 valence electrons. The van der Waals surface area contributed by atoms with Gasteiger partial charge in [-0.15, -0.1) is 10.2 Å². The molecular weight excluding hydrogens is 344 g/mol. The Morgan fingerprint density at radius 3 is 2.89 bits per heavy atom. The van der Waals surface area contributed by atoms with Crippen molar-refractivity contribution in [1.82, 2.24) is 29.6 Å². The van der Waals surface area contributed by atoms with Gasteiger partial charge in [-0.2, -0.15) is 0 Å². The summed E-state index contributed by atoms with van der Waals surface area (Å²) in [6.07, 6.45) is 1.72. The van der Waals surface area contributed by atoms with Crippen LogP contribution in [0.4, 0.5) is 0 Å². The van der Waals surface area contributed by atoms with E-state index in [2.05, 4.69) is 31.1 Å². The number of hydrogen-bond donors (Lipinski definition) is 1. The third-order valence-electron chi connectivity index (χ3n) is 4.17. The molecule has 0 aliphatic carbocycles. The van der Waals surface area contributed by atoms with Crippen molar-refractivity contribution >= 4 is 0 Å². The predicted molar refractivity (Wildman–Crippen MR) is 102 cm³/mol. The minimum atomic E-state index is -0.143. The predicted octanol–water partition coefficient (Wildman–Crippen LogP) is 1.62. The number of hydrogen-bond acceptors (Lipinski definition) is 6. The maximum Gasteiger partial charge on any atom is 0.251 e. The average Bonchev–Trinajstić information content (AvgIpc) is 3.06. The summed E-state index contributed by atoms with van der Waals surface area (Å²) in [5.74, 6) is 1.49. The van der Waals surface area contributed by atoms with E-state index in [4.69, 9.17) is 4.74 Å². The maximum atomic E-state index is 11.7. The van der Waals surface area contributed by atoms with Crippen molar-refractivity contribution in [3.63, 3.8) is 0 Å². The first-order valence-corrected chi connectivity index (χ1v) is 8.76. The lowest BCUT2D eigenvalue weighted by molar-refractivity contribution is 0.184. The SMILES string of the molecule is COCCn1cnnc1CN(C)Cc1cccc(-c2nc(C)cc(=O)[nH]2)c1. The van der Waals surface area contributed by atoms with Crippen molar-refractivity contribution in [2.45, 2.75) is 26.6 Å². The Morgan fingerprint density at radius 1 is 1.26 bits per heavy atom. The van der Waals surface area contributed by atoms with E-state index >= 15 is 0 Å². The molecule has 0 fully saturated rings. The smallest absolute Gasteiger partial charge is 0.251 e. The standard InChI is InChI=1S/C19H24N6O2/c1-14-9-18(26)22-19(21-14)16-6-4-5-15(10-16)11-24(2)12-17-23-20-13-25(17)7-8-27-3/h4-6,9-10,13H,7-8,11-12H2,1-3H3,(H,21,22,26). The minimum absolute atomic E-state index is 0.143. The number of aryl methyl sites for hydroxylation is 1. The summed E-state index contributed by atoms with van der Waals surface area (Å²) >= 11 is 0. The van der Waals surface area contributed by atoms with Crippen LogP contribution in [0.1, 0.15) is 17.1 Å². The molecule has 8 heteroatoms. The molecule has 8 nitrogen and oxygen atoms in total. The van der Waals surface area contributed by atoms with E-state index in [1.165, 1.54) is 6.07 Å². The third kappa shape index (κ3) is 5.08. The van der Waals surface area contributed by atoms with Crippen LogP contribution in [0.25, 0.3) is 11.4 Å². The van der Waals surface area contributed by atoms with E-state index in [0.29, 0.717) is 24.7 Å². The Kier molecular flexibility index (Phi) is 6.10. The van der Waals surface area contributed by atoms with E-state index in [1.54, 1.807) is 13.4 Å². The average molecular weight is 368 g/mol. The van der Waals surface area contributed by atoms with Crippen LogP contribution in [0, 0.1) is 6.92 Å². The first-order valence-electron chi connectivity index (χ1n) is 8.76. The molecule has 0 aliphatic rings. The molecule has 1 N–H and O–H groups in total. The van der Waals surface area contributed by atoms with Gasteiger partial charge < -0.3 is 14.3 Å². The second-order valence-electron chi connectivity index (χ2n) is 6.54. The Labute approximate surface area is 157 Å². The van der Waals surface area contributed by atoms with Crippen molar-refractivity contribution in [3.05, 3.63) is 64.1 Å². The van der Waals surface area contributed by atoms with Gasteiger partial charge in [0.1, 0.15) is 18.0 Å². The zero-order valence-corrected chi connectivity index (χ0v) is 15.8. The highest BCUT2D eigenvalue weighted by molar-refractivity contribution is 5.55. The number of aromatic nitrogens is 5. The Balaban J connectivity index is 1.71. The van der Waals surface area contributed by atoms with Gasteiger partial charge in [-0.1, -0.05) is 18.2 Å². The van der Waals surface area contributed by atoms with Crippen molar-refractivity contribution in [2.24, 2.45) is 0 Å². The highest BCUT2D eigenvalue weighted by atomic mass is 16.5. The van der Waals surface area contributed by atoms with E-state index < -0.39 is 0 Å². The Bertz CT molecular complexity index is 949. The lowest BCUT2D eigenvalue weighted by Gasteiger charge is -2.17. The Morgan fingerprint density at radius 2 is 2.11 bits per heavy atom. The van der Waals surface area contributed by atoms with Gasteiger partial charge >= 0.3 is 0 Å². The van der Waals surface area contributed by atoms with Crippen LogP contribution in [0.15, 0.2) is 41.5 Å². The molecule has 0 saturated heterocycles. The molecule has 2 aromatic heterocycles. The summed E-state index contributed by atoms with van der Waals surface area (Å²) in [4.78, 5) is 21.1. The minimum Gasteiger partial charge on any atom is -0.383 e. The molecule has 0 spiro atoms. The molecule has 0 aliphatic heterocycles. The van der Waals surface area contributed by atoms with Crippen LogP contribution in [-0.2, 0) is 24.4 Å². The van der Waals surface area contributed by atoms with E-state index in [-0.39, 0.29) is 5.56 Å². The molecule has 27 heavy (non-hydrogen) atoms. The van der Waals surface area contributed by atoms with Gasteiger partial charge in [-0.25, -0.2) is 4.98 Å². The molecule has 0 bridgehead atoms. The number of aromatic amines is 1. The maximum absolute atomic E-state index is 11.7. The zero-order chi connectivity index (χ0) is 19.2. The molecule has 1 aromatic carbocycles. The van der Waals surface area contributed by atoms with Crippen LogP contribution in [-0.4, -0.2) is 50.4 Å². The summed E-state index contributed by atoms with van der Waals surface area (Å²) in [7, 11) is 3.72. The molecule has 3 aromatic rings. The number of H-pyrrole nitrogens is 1. The summed E-state index contributed by atoms with van der Waals surface area (Å²) in [6.45, 7) is 4.58. The van der Waals surface area contributed by atoms with Gasteiger partial charge in [0.15, 0.2) is 0 Å². The van der Waals surface area contributed by atoms with Gasteiger partial charge in [0.2, 0.25) is 0 Å². The van der Waals surface area contributed by atoms with Gasteiger partial charge in [-0.05, 0) is 25.6 Å². The summed E-state index contributed by atoms with van der Waals surface area (Å²) in [6, 6.07) is 9.51.